The van der Waals surface area contributed by atoms with Crippen LogP contribution in [0.3, 0.4) is 0 Å². The van der Waals surface area contributed by atoms with Crippen molar-refractivity contribution in [2.45, 2.75) is 25.5 Å². The second kappa shape index (κ2) is 7.77. The molecule has 0 saturated carbocycles. The molecule has 0 bridgehead atoms. The van der Waals surface area contributed by atoms with Gasteiger partial charge in [0.05, 0.1) is 19.1 Å². The van der Waals surface area contributed by atoms with Crippen LogP contribution in [0.4, 0.5) is 0 Å². The first-order valence-electron chi connectivity index (χ1n) is 8.59. The van der Waals surface area contributed by atoms with Crippen LogP contribution in [-0.2, 0) is 20.9 Å². The van der Waals surface area contributed by atoms with Crippen molar-refractivity contribution in [3.63, 3.8) is 0 Å². The Balaban J connectivity index is 1.57. The molecule has 6 nitrogen and oxygen atoms in total. The minimum absolute atomic E-state index is 0.00547. The molecule has 2 aliphatic rings. The number of hydrogen-bond acceptors (Lipinski definition) is 4. The lowest BCUT2D eigenvalue weighted by Gasteiger charge is -2.37. The van der Waals surface area contributed by atoms with Gasteiger partial charge in [-0.15, -0.1) is 0 Å². The molecule has 1 aromatic rings. The van der Waals surface area contributed by atoms with Crippen LogP contribution in [0, 0.1) is 5.92 Å². The van der Waals surface area contributed by atoms with Gasteiger partial charge >= 0.3 is 0 Å². The second-order valence-corrected chi connectivity index (χ2v) is 6.61. The molecule has 0 spiro atoms. The molecule has 2 heterocycles. The van der Waals surface area contributed by atoms with Crippen molar-refractivity contribution in [3.8, 4) is 0 Å². The number of carbonyl (C=O) groups excluding carboxylic acids is 2. The maximum atomic E-state index is 12.8. The van der Waals surface area contributed by atoms with E-state index in [4.69, 9.17) is 10.5 Å². The van der Waals surface area contributed by atoms with Crippen molar-refractivity contribution < 1.29 is 14.3 Å². The zero-order valence-electron chi connectivity index (χ0n) is 13.9. The van der Waals surface area contributed by atoms with E-state index in [1.54, 1.807) is 4.90 Å². The number of ether oxygens (including phenoxy) is 1. The van der Waals surface area contributed by atoms with Gasteiger partial charge in [-0.05, 0) is 24.9 Å². The number of rotatable bonds is 4. The predicted octanol–water partition coefficient (Wildman–Crippen LogP) is 0.611. The maximum absolute atomic E-state index is 12.8. The molecule has 2 atom stereocenters. The third-order valence-corrected chi connectivity index (χ3v) is 4.80. The Labute approximate surface area is 142 Å². The molecule has 24 heavy (non-hydrogen) atoms. The number of nitrogens with two attached hydrogens (primary N) is 1. The van der Waals surface area contributed by atoms with Gasteiger partial charge in [-0.1, -0.05) is 30.3 Å². The van der Waals surface area contributed by atoms with Crippen molar-refractivity contribution in [3.05, 3.63) is 35.9 Å². The quantitative estimate of drug-likeness (QED) is 0.877. The molecule has 2 fully saturated rings. The molecule has 2 unspecified atom stereocenters. The second-order valence-electron chi connectivity index (χ2n) is 6.61. The summed E-state index contributed by atoms with van der Waals surface area (Å²) in [6.45, 7) is 3.86. The van der Waals surface area contributed by atoms with Crippen molar-refractivity contribution in [2.75, 3.05) is 32.8 Å². The average molecular weight is 331 g/mol. The number of piperidine rings is 1. The van der Waals surface area contributed by atoms with E-state index in [1.165, 1.54) is 5.56 Å². The van der Waals surface area contributed by atoms with E-state index in [1.807, 2.05) is 18.2 Å². The van der Waals surface area contributed by atoms with E-state index in [0.29, 0.717) is 13.2 Å². The highest BCUT2D eigenvalue weighted by molar-refractivity contribution is 5.82. The summed E-state index contributed by atoms with van der Waals surface area (Å²) < 4.78 is 5.33. The smallest absolute Gasteiger partial charge is 0.248 e. The Hall–Kier alpha value is -1.92. The fraction of sp³-hybridized carbons (Fsp3) is 0.556. The zero-order chi connectivity index (χ0) is 16.9. The normalized spacial score (nSPS) is 25.4. The van der Waals surface area contributed by atoms with Crippen molar-refractivity contribution >= 4 is 11.8 Å². The van der Waals surface area contributed by atoms with Gasteiger partial charge in [-0.2, -0.15) is 0 Å². The highest BCUT2D eigenvalue weighted by Crippen LogP contribution is 2.21. The number of nitrogens with zero attached hydrogens (tertiary/aromatic N) is 2. The van der Waals surface area contributed by atoms with Crippen LogP contribution in [0.5, 0.6) is 0 Å². The van der Waals surface area contributed by atoms with Gasteiger partial charge in [0.2, 0.25) is 11.8 Å². The topological polar surface area (TPSA) is 75.9 Å². The SMILES string of the molecule is NC(=O)C1CN(C(=O)C2CCCN(Cc3ccccc3)C2)CCO1. The van der Waals surface area contributed by atoms with E-state index in [-0.39, 0.29) is 18.4 Å². The van der Waals surface area contributed by atoms with Gasteiger partial charge in [-0.3, -0.25) is 14.5 Å². The lowest BCUT2D eigenvalue weighted by atomic mass is 9.95. The fourth-order valence-corrected chi connectivity index (χ4v) is 3.52. The van der Waals surface area contributed by atoms with E-state index < -0.39 is 12.0 Å². The number of carbonyl (C=O) groups is 2. The Bertz CT molecular complexity index is 578. The molecule has 2 N–H and O–H groups in total. The molecule has 1 aromatic carbocycles. The number of hydrogen-bond donors (Lipinski definition) is 1. The molecule has 3 rings (SSSR count). The first-order chi connectivity index (χ1) is 11.6. The maximum Gasteiger partial charge on any atom is 0.248 e. The van der Waals surface area contributed by atoms with Gasteiger partial charge in [0.15, 0.2) is 6.10 Å². The number of amides is 2. The van der Waals surface area contributed by atoms with Gasteiger partial charge < -0.3 is 15.4 Å². The summed E-state index contributed by atoms with van der Waals surface area (Å²) in [5.74, 6) is -0.377. The summed E-state index contributed by atoms with van der Waals surface area (Å²) in [5.41, 5.74) is 6.58. The summed E-state index contributed by atoms with van der Waals surface area (Å²) in [6.07, 6.45) is 1.25. The lowest BCUT2D eigenvalue weighted by Crippen LogP contribution is -2.53. The largest absolute Gasteiger partial charge is 0.367 e. The monoisotopic (exact) mass is 331 g/mol. The first kappa shape index (κ1) is 16.9. The minimum atomic E-state index is -0.674. The third kappa shape index (κ3) is 4.13. The van der Waals surface area contributed by atoms with Crippen LogP contribution in [0.1, 0.15) is 18.4 Å². The standard InChI is InChI=1S/C18H25N3O3/c19-17(22)16-13-21(9-10-24-16)18(23)15-7-4-8-20(12-15)11-14-5-2-1-3-6-14/h1-3,5-6,15-16H,4,7-13H2,(H2,19,22). The highest BCUT2D eigenvalue weighted by atomic mass is 16.5. The number of primary amides is 1. The van der Waals surface area contributed by atoms with Crippen molar-refractivity contribution in [2.24, 2.45) is 11.7 Å². The fourth-order valence-electron chi connectivity index (χ4n) is 3.52. The van der Waals surface area contributed by atoms with E-state index in [9.17, 15) is 9.59 Å². The summed E-state index contributed by atoms with van der Waals surface area (Å²) in [4.78, 5) is 28.2. The van der Waals surface area contributed by atoms with Gasteiger partial charge in [0.25, 0.3) is 0 Å². The van der Waals surface area contributed by atoms with Crippen LogP contribution in [0.15, 0.2) is 30.3 Å². The van der Waals surface area contributed by atoms with Gasteiger partial charge in [0, 0.05) is 19.6 Å². The molecule has 2 amide bonds. The van der Waals surface area contributed by atoms with E-state index in [0.717, 1.165) is 32.5 Å². The molecule has 0 aliphatic carbocycles. The molecule has 2 aliphatic heterocycles. The molecule has 2 saturated heterocycles. The lowest BCUT2D eigenvalue weighted by molar-refractivity contribution is -0.149. The number of likely N-dealkylation sites (tertiary alicyclic amines) is 1. The summed E-state index contributed by atoms with van der Waals surface area (Å²) in [5, 5.41) is 0. The summed E-state index contributed by atoms with van der Waals surface area (Å²) in [6, 6.07) is 10.3. The van der Waals surface area contributed by atoms with Crippen LogP contribution in [-0.4, -0.2) is 60.5 Å². The minimum Gasteiger partial charge on any atom is -0.367 e. The predicted molar refractivity (Wildman–Crippen MR) is 90.0 cm³/mol. The van der Waals surface area contributed by atoms with E-state index >= 15 is 0 Å². The Kier molecular flexibility index (Phi) is 5.48. The number of morpholine rings is 1. The average Bonchev–Trinajstić information content (AvgIpc) is 2.62. The molecule has 130 valence electrons. The molecule has 0 radical (unpaired) electrons. The molecule has 6 heteroatoms. The Morgan fingerprint density at radius 1 is 1.17 bits per heavy atom. The highest BCUT2D eigenvalue weighted by Gasteiger charge is 2.33. The number of benzene rings is 1. The van der Waals surface area contributed by atoms with Crippen LogP contribution in [0.2, 0.25) is 0 Å². The zero-order valence-corrected chi connectivity index (χ0v) is 13.9. The van der Waals surface area contributed by atoms with Gasteiger partial charge in [-0.25, -0.2) is 0 Å². The molecular formula is C18H25N3O3. The first-order valence-corrected chi connectivity index (χ1v) is 8.59. The van der Waals surface area contributed by atoms with Crippen molar-refractivity contribution in [1.82, 2.24) is 9.80 Å². The van der Waals surface area contributed by atoms with E-state index in [2.05, 4.69) is 17.0 Å². The summed E-state index contributed by atoms with van der Waals surface area (Å²) in [7, 11) is 0. The van der Waals surface area contributed by atoms with Crippen LogP contribution < -0.4 is 5.73 Å². The summed E-state index contributed by atoms with van der Waals surface area (Å²) >= 11 is 0. The Morgan fingerprint density at radius 3 is 2.71 bits per heavy atom. The van der Waals surface area contributed by atoms with Gasteiger partial charge in [0.1, 0.15) is 0 Å². The molecule has 0 aromatic heterocycles. The Morgan fingerprint density at radius 2 is 1.96 bits per heavy atom. The molecular weight excluding hydrogens is 306 g/mol. The van der Waals surface area contributed by atoms with Crippen molar-refractivity contribution in [1.29, 1.82) is 0 Å². The van der Waals surface area contributed by atoms with Crippen LogP contribution >= 0.6 is 0 Å². The van der Waals surface area contributed by atoms with Crippen LogP contribution in [0.25, 0.3) is 0 Å². The third-order valence-electron chi connectivity index (χ3n) is 4.80.